The Morgan fingerprint density at radius 3 is 3.17 bits per heavy atom. The number of aryl methyl sites for hydroxylation is 3. The first-order chi connectivity index (χ1) is 11.1. The van der Waals surface area contributed by atoms with Crippen molar-refractivity contribution < 1.29 is 4.79 Å². The fourth-order valence-corrected chi connectivity index (χ4v) is 5.08. The second kappa shape index (κ2) is 5.91. The molecule has 2 aromatic rings. The van der Waals surface area contributed by atoms with Crippen LogP contribution in [0, 0.1) is 5.92 Å². The van der Waals surface area contributed by atoms with Gasteiger partial charge < -0.3 is 5.32 Å². The molecule has 0 fully saturated rings. The van der Waals surface area contributed by atoms with Crippen LogP contribution in [0.15, 0.2) is 6.07 Å². The molecule has 2 unspecified atom stereocenters. The summed E-state index contributed by atoms with van der Waals surface area (Å²) in [7, 11) is 1.90. The van der Waals surface area contributed by atoms with Crippen LogP contribution in [0.5, 0.6) is 0 Å². The third-order valence-electron chi connectivity index (χ3n) is 4.96. The molecule has 4 rings (SSSR count). The lowest BCUT2D eigenvalue weighted by atomic mass is 9.87. The minimum Gasteiger partial charge on any atom is -0.349 e. The lowest BCUT2D eigenvalue weighted by molar-refractivity contribution is -0.126. The molecule has 23 heavy (non-hydrogen) atoms. The van der Waals surface area contributed by atoms with Gasteiger partial charge >= 0.3 is 0 Å². The average Bonchev–Trinajstić information content (AvgIpc) is 3.10. The maximum Gasteiger partial charge on any atom is 0.223 e. The number of aromatic nitrogens is 3. The number of halogens is 1. The Morgan fingerprint density at radius 2 is 2.30 bits per heavy atom. The van der Waals surface area contributed by atoms with Crippen molar-refractivity contribution in [3.05, 3.63) is 32.2 Å². The molecule has 2 aromatic heterocycles. The lowest BCUT2D eigenvalue weighted by Crippen LogP contribution is -2.37. The zero-order valence-electron chi connectivity index (χ0n) is 13.0. The molecule has 0 radical (unpaired) electrons. The number of nitrogens with zero attached hydrogens (tertiary/aromatic N) is 3. The Bertz CT molecular complexity index is 753. The summed E-state index contributed by atoms with van der Waals surface area (Å²) in [5.74, 6) is 0.163. The molecule has 0 saturated carbocycles. The molecule has 2 heterocycles. The van der Waals surface area contributed by atoms with Gasteiger partial charge in [0.2, 0.25) is 5.91 Å². The van der Waals surface area contributed by atoms with E-state index in [4.69, 9.17) is 11.6 Å². The number of fused-ring (bicyclic) bond motifs is 2. The Balaban J connectivity index is 1.48. The van der Waals surface area contributed by atoms with Crippen LogP contribution in [0.3, 0.4) is 0 Å². The molecule has 0 aromatic carbocycles. The minimum absolute atomic E-state index is 0.0131. The quantitative estimate of drug-likeness (QED) is 0.906. The third-order valence-corrected chi connectivity index (χ3v) is 6.30. The normalized spacial score (nSPS) is 23.2. The fourth-order valence-electron chi connectivity index (χ4n) is 3.69. The van der Waals surface area contributed by atoms with Gasteiger partial charge in [-0.15, -0.1) is 16.4 Å². The van der Waals surface area contributed by atoms with Crippen molar-refractivity contribution in [2.75, 3.05) is 0 Å². The first-order valence-electron chi connectivity index (χ1n) is 8.07. The van der Waals surface area contributed by atoms with Gasteiger partial charge in [-0.25, -0.2) is 0 Å². The number of rotatable bonds is 2. The lowest BCUT2D eigenvalue weighted by Gasteiger charge is -2.27. The highest BCUT2D eigenvalue weighted by molar-refractivity contribution is 7.16. The molecular weight excluding hydrogens is 332 g/mol. The van der Waals surface area contributed by atoms with Crippen molar-refractivity contribution in [3.8, 4) is 0 Å². The standard InChI is InChI=1S/C16H19ClN4OS/c1-21-13-7-9(5-6-12(13)19-20-21)16(22)18-11-3-2-4-14-10(11)8-15(17)23-14/h8-9,11H,2-7H2,1H3,(H,18,22). The molecule has 2 aliphatic carbocycles. The summed E-state index contributed by atoms with van der Waals surface area (Å²) < 4.78 is 2.62. The van der Waals surface area contributed by atoms with Crippen LogP contribution in [0.2, 0.25) is 4.34 Å². The van der Waals surface area contributed by atoms with E-state index in [0.717, 1.165) is 54.2 Å². The second-order valence-corrected chi connectivity index (χ2v) is 8.20. The molecule has 0 spiro atoms. The highest BCUT2D eigenvalue weighted by atomic mass is 35.5. The summed E-state index contributed by atoms with van der Waals surface area (Å²) in [6, 6.07) is 2.14. The van der Waals surface area contributed by atoms with Gasteiger partial charge in [-0.2, -0.15) is 0 Å². The van der Waals surface area contributed by atoms with Gasteiger partial charge in [0.15, 0.2) is 0 Å². The van der Waals surface area contributed by atoms with E-state index in [9.17, 15) is 4.79 Å². The highest BCUT2D eigenvalue weighted by Crippen LogP contribution is 2.38. The van der Waals surface area contributed by atoms with Gasteiger partial charge in [0.1, 0.15) is 0 Å². The Kier molecular flexibility index (Phi) is 3.89. The predicted octanol–water partition coefficient (Wildman–Crippen LogP) is 2.83. The van der Waals surface area contributed by atoms with Crippen molar-refractivity contribution in [3.63, 3.8) is 0 Å². The predicted molar refractivity (Wildman–Crippen MR) is 89.7 cm³/mol. The summed E-state index contributed by atoms with van der Waals surface area (Å²) in [5, 5.41) is 11.5. The Morgan fingerprint density at radius 1 is 1.43 bits per heavy atom. The van der Waals surface area contributed by atoms with Crippen molar-refractivity contribution in [1.29, 1.82) is 0 Å². The number of amides is 1. The van der Waals surface area contributed by atoms with E-state index in [1.165, 1.54) is 10.4 Å². The molecule has 0 aliphatic heterocycles. The molecule has 122 valence electrons. The molecule has 2 aliphatic rings. The molecular formula is C16H19ClN4OS. The van der Waals surface area contributed by atoms with E-state index in [2.05, 4.69) is 15.6 Å². The van der Waals surface area contributed by atoms with Gasteiger partial charge in [0.05, 0.1) is 21.8 Å². The third kappa shape index (κ3) is 2.78. The first-order valence-corrected chi connectivity index (χ1v) is 9.27. The molecule has 0 saturated heterocycles. The minimum atomic E-state index is 0.0131. The van der Waals surface area contributed by atoms with E-state index in [1.54, 1.807) is 16.0 Å². The number of carbonyl (C=O) groups excluding carboxylic acids is 1. The molecule has 2 atom stereocenters. The van der Waals surface area contributed by atoms with E-state index < -0.39 is 0 Å². The highest BCUT2D eigenvalue weighted by Gasteiger charge is 2.31. The van der Waals surface area contributed by atoms with E-state index in [-0.39, 0.29) is 17.9 Å². The average molecular weight is 351 g/mol. The smallest absolute Gasteiger partial charge is 0.223 e. The van der Waals surface area contributed by atoms with Crippen LogP contribution in [0.4, 0.5) is 0 Å². The number of carbonyl (C=O) groups is 1. The fraction of sp³-hybridized carbons (Fsp3) is 0.562. The number of nitrogens with one attached hydrogen (secondary N) is 1. The largest absolute Gasteiger partial charge is 0.349 e. The number of hydrogen-bond donors (Lipinski definition) is 1. The Labute approximate surface area is 144 Å². The maximum atomic E-state index is 12.7. The molecule has 0 bridgehead atoms. The Hall–Kier alpha value is -1.40. The first kappa shape index (κ1) is 15.1. The number of thiophene rings is 1. The molecule has 7 heteroatoms. The van der Waals surface area contributed by atoms with Gasteiger partial charge in [-0.3, -0.25) is 9.48 Å². The SMILES string of the molecule is Cn1nnc2c1CC(C(=O)NC1CCCc3sc(Cl)cc31)CC2. The summed E-state index contributed by atoms with van der Waals surface area (Å²) in [6.45, 7) is 0. The van der Waals surface area contributed by atoms with E-state index in [0.29, 0.717) is 0 Å². The van der Waals surface area contributed by atoms with E-state index in [1.807, 2.05) is 13.1 Å². The van der Waals surface area contributed by atoms with E-state index >= 15 is 0 Å². The summed E-state index contributed by atoms with van der Waals surface area (Å²) in [4.78, 5) is 14.1. The van der Waals surface area contributed by atoms with Gasteiger partial charge in [-0.05, 0) is 43.7 Å². The monoisotopic (exact) mass is 350 g/mol. The van der Waals surface area contributed by atoms with Gasteiger partial charge in [-0.1, -0.05) is 16.8 Å². The van der Waals surface area contributed by atoms with Crippen LogP contribution >= 0.6 is 22.9 Å². The van der Waals surface area contributed by atoms with Crippen LogP contribution in [-0.4, -0.2) is 20.9 Å². The molecule has 1 amide bonds. The van der Waals surface area contributed by atoms with Crippen LogP contribution in [0.25, 0.3) is 0 Å². The zero-order chi connectivity index (χ0) is 16.0. The second-order valence-electron chi connectivity index (χ2n) is 6.43. The summed E-state index contributed by atoms with van der Waals surface area (Å²) in [6.07, 6.45) is 5.59. The molecule has 5 nitrogen and oxygen atoms in total. The topological polar surface area (TPSA) is 59.8 Å². The maximum absolute atomic E-state index is 12.7. The van der Waals surface area contributed by atoms with Crippen molar-refractivity contribution in [2.45, 2.75) is 44.6 Å². The van der Waals surface area contributed by atoms with Crippen LogP contribution in [0.1, 0.15) is 47.1 Å². The zero-order valence-corrected chi connectivity index (χ0v) is 14.6. The van der Waals surface area contributed by atoms with Gasteiger partial charge in [0, 0.05) is 24.3 Å². The van der Waals surface area contributed by atoms with Crippen molar-refractivity contribution >= 4 is 28.8 Å². The van der Waals surface area contributed by atoms with Crippen molar-refractivity contribution in [1.82, 2.24) is 20.3 Å². The summed E-state index contributed by atoms with van der Waals surface area (Å²) in [5.41, 5.74) is 3.36. The van der Waals surface area contributed by atoms with Crippen LogP contribution in [-0.2, 0) is 31.1 Å². The van der Waals surface area contributed by atoms with Crippen molar-refractivity contribution in [2.24, 2.45) is 13.0 Å². The van der Waals surface area contributed by atoms with Gasteiger partial charge in [0.25, 0.3) is 0 Å². The number of hydrogen-bond acceptors (Lipinski definition) is 4. The van der Waals surface area contributed by atoms with Crippen LogP contribution < -0.4 is 5.32 Å². The molecule has 1 N–H and O–H groups in total. The summed E-state index contributed by atoms with van der Waals surface area (Å²) >= 11 is 7.80.